The average Bonchev–Trinajstić information content (AvgIpc) is 2.13. The summed E-state index contributed by atoms with van der Waals surface area (Å²) in [6.45, 7) is 1.77. The fourth-order valence-corrected chi connectivity index (χ4v) is 0.854. The zero-order valence-corrected chi connectivity index (χ0v) is 11.0. The molecule has 0 aromatic carbocycles. The Kier molecular flexibility index (Phi) is 10.9. The summed E-state index contributed by atoms with van der Waals surface area (Å²) in [7, 11) is -3.17. The molecule has 0 aromatic heterocycles. The molecule has 0 atom stereocenters. The maximum atomic E-state index is 10.6. The zero-order valence-electron chi connectivity index (χ0n) is 10.2. The minimum Gasteiger partial charge on any atom is -0.475 e. The van der Waals surface area contributed by atoms with E-state index in [1.165, 1.54) is 0 Å². The highest BCUT2D eigenvalue weighted by atomic mass is 32.2. The molecule has 4 N–H and O–H groups in total. The Hall–Kier alpha value is -1.57. The zero-order chi connectivity index (χ0) is 18.1. The number of carboxylic acid groups (broad SMARTS) is 2. The van der Waals surface area contributed by atoms with Gasteiger partial charge in [0.05, 0.1) is 5.75 Å². The smallest absolute Gasteiger partial charge is 0.475 e. The summed E-state index contributed by atoms with van der Waals surface area (Å²) in [5.74, 6) is -5.42. The summed E-state index contributed by atoms with van der Waals surface area (Å²) in [4.78, 5) is 17.8. The summed E-state index contributed by atoms with van der Waals surface area (Å²) >= 11 is 0. The van der Waals surface area contributed by atoms with Gasteiger partial charge in [0, 0.05) is 0 Å². The lowest BCUT2D eigenvalue weighted by Gasteiger charge is -1.93. The predicted molar refractivity (Wildman–Crippen MR) is 55.6 cm³/mol. The Bertz CT molecular complexity index is 404. The van der Waals surface area contributed by atoms with Crippen molar-refractivity contribution in [2.75, 3.05) is 5.75 Å². The van der Waals surface area contributed by atoms with Gasteiger partial charge in [0.2, 0.25) is 10.0 Å². The predicted octanol–water partition coefficient (Wildman–Crippen LogP) is 0.951. The van der Waals surface area contributed by atoms with E-state index >= 15 is 0 Å². The van der Waals surface area contributed by atoms with Crippen LogP contribution in [0, 0.1) is 0 Å². The van der Waals surface area contributed by atoms with Crippen molar-refractivity contribution in [1.82, 2.24) is 0 Å². The quantitative estimate of drug-likeness (QED) is 0.634. The second-order valence-electron chi connectivity index (χ2n) is 2.97. The first-order valence-corrected chi connectivity index (χ1v) is 6.27. The van der Waals surface area contributed by atoms with Gasteiger partial charge in [-0.3, -0.25) is 0 Å². The van der Waals surface area contributed by atoms with Crippen molar-refractivity contribution < 1.29 is 54.6 Å². The first-order valence-electron chi connectivity index (χ1n) is 4.55. The maximum absolute atomic E-state index is 10.6. The van der Waals surface area contributed by atoms with E-state index in [1.807, 2.05) is 0 Å². The van der Waals surface area contributed by atoms with Gasteiger partial charge in [-0.25, -0.2) is 23.1 Å². The van der Waals surface area contributed by atoms with Gasteiger partial charge in [-0.05, 0) is 6.42 Å². The van der Waals surface area contributed by atoms with Crippen molar-refractivity contribution in [3.05, 3.63) is 0 Å². The molecule has 0 radical (unpaired) electrons. The molecule has 0 aliphatic carbocycles. The lowest BCUT2D eigenvalue weighted by Crippen LogP contribution is -2.21. The van der Waals surface area contributed by atoms with Crippen LogP contribution in [0.5, 0.6) is 0 Å². The number of nitrogens with two attached hydrogens (primary N) is 1. The number of carboxylic acids is 2. The van der Waals surface area contributed by atoms with Crippen LogP contribution in [0.25, 0.3) is 0 Å². The van der Waals surface area contributed by atoms with Gasteiger partial charge in [0.25, 0.3) is 0 Å². The Morgan fingerprint density at radius 1 is 0.952 bits per heavy atom. The molecule has 21 heavy (non-hydrogen) atoms. The van der Waals surface area contributed by atoms with Gasteiger partial charge in [-0.2, -0.15) is 26.3 Å². The molecule has 0 heterocycles. The minimum atomic E-state index is -5.08. The first kappa shape index (κ1) is 24.4. The second kappa shape index (κ2) is 9.38. The van der Waals surface area contributed by atoms with Crippen LogP contribution in [0.4, 0.5) is 26.3 Å². The number of rotatable bonds is 2. The third-order valence-corrected chi connectivity index (χ3v) is 1.95. The molecule has 128 valence electrons. The number of hydrogen-bond donors (Lipinski definition) is 3. The Morgan fingerprint density at radius 2 is 1.14 bits per heavy atom. The van der Waals surface area contributed by atoms with Crippen molar-refractivity contribution in [3.63, 3.8) is 0 Å². The molecule has 7 nitrogen and oxygen atoms in total. The van der Waals surface area contributed by atoms with Crippen LogP contribution in [-0.4, -0.2) is 48.7 Å². The highest BCUT2D eigenvalue weighted by Crippen LogP contribution is 2.13. The van der Waals surface area contributed by atoms with Gasteiger partial charge >= 0.3 is 24.3 Å². The highest BCUT2D eigenvalue weighted by Gasteiger charge is 2.38. The van der Waals surface area contributed by atoms with Crippen LogP contribution < -0.4 is 5.14 Å². The third-order valence-electron chi connectivity index (χ3n) is 0.974. The number of carbonyl (C=O) groups is 2. The van der Waals surface area contributed by atoms with Gasteiger partial charge in [-0.1, -0.05) is 6.92 Å². The summed E-state index contributed by atoms with van der Waals surface area (Å²) in [5.41, 5.74) is 0. The Balaban J connectivity index is -0.000000231. The molecule has 0 saturated heterocycles. The lowest BCUT2D eigenvalue weighted by molar-refractivity contribution is -0.193. The molecule has 0 aliphatic heterocycles. The van der Waals surface area contributed by atoms with Gasteiger partial charge < -0.3 is 10.2 Å². The molecule has 0 amide bonds. The average molecular weight is 351 g/mol. The van der Waals surface area contributed by atoms with E-state index in [9.17, 15) is 34.8 Å². The van der Waals surface area contributed by atoms with Crippen LogP contribution in [0.3, 0.4) is 0 Å². The standard InChI is InChI=1S/C3H9NO2S.2C2HF3O2/c1-2-3-7(4,5)6;2*3-2(4,5)1(6)7/h2-3H2,1H3,(H2,4,5,6);2*(H,6,7). The maximum Gasteiger partial charge on any atom is 0.490 e. The minimum absolute atomic E-state index is 0.0903. The number of hydrogen-bond acceptors (Lipinski definition) is 4. The third kappa shape index (κ3) is 23.9. The van der Waals surface area contributed by atoms with Crippen LogP contribution >= 0.6 is 0 Å². The van der Waals surface area contributed by atoms with E-state index in [4.69, 9.17) is 19.8 Å². The molecule has 0 aliphatic rings. The van der Waals surface area contributed by atoms with E-state index in [-0.39, 0.29) is 5.75 Å². The first-order chi connectivity index (χ1) is 8.95. The van der Waals surface area contributed by atoms with Gasteiger partial charge in [-0.15, -0.1) is 0 Å². The van der Waals surface area contributed by atoms with Crippen LogP contribution in [0.1, 0.15) is 13.3 Å². The monoisotopic (exact) mass is 351 g/mol. The fourth-order valence-electron chi connectivity index (χ4n) is 0.285. The van der Waals surface area contributed by atoms with E-state index in [0.717, 1.165) is 0 Å². The normalized spacial score (nSPS) is 11.4. The van der Waals surface area contributed by atoms with Crippen LogP contribution in [0.2, 0.25) is 0 Å². The number of sulfonamides is 1. The summed E-state index contributed by atoms with van der Waals surface area (Å²) in [6.07, 6.45) is -9.57. The summed E-state index contributed by atoms with van der Waals surface area (Å²) in [5, 5.41) is 18.9. The summed E-state index contributed by atoms with van der Waals surface area (Å²) in [6, 6.07) is 0. The number of primary sulfonamides is 1. The highest BCUT2D eigenvalue weighted by molar-refractivity contribution is 7.89. The van der Waals surface area contributed by atoms with Crippen molar-refractivity contribution in [1.29, 1.82) is 0 Å². The number of halogens is 6. The van der Waals surface area contributed by atoms with E-state index in [0.29, 0.717) is 6.42 Å². The Morgan fingerprint density at radius 3 is 1.14 bits per heavy atom. The molecule has 14 heteroatoms. The molecule has 0 fully saturated rings. The molecule has 0 unspecified atom stereocenters. The van der Waals surface area contributed by atoms with Crippen molar-refractivity contribution in [3.8, 4) is 0 Å². The largest absolute Gasteiger partial charge is 0.490 e. The van der Waals surface area contributed by atoms with Crippen molar-refractivity contribution in [2.45, 2.75) is 25.7 Å². The van der Waals surface area contributed by atoms with Gasteiger partial charge in [0.15, 0.2) is 0 Å². The number of alkyl halides is 6. The van der Waals surface area contributed by atoms with E-state index < -0.39 is 34.3 Å². The molecular weight excluding hydrogens is 340 g/mol. The van der Waals surface area contributed by atoms with Crippen LogP contribution in [0.15, 0.2) is 0 Å². The van der Waals surface area contributed by atoms with Crippen molar-refractivity contribution >= 4 is 22.0 Å². The fraction of sp³-hybridized carbons (Fsp3) is 0.714. The molecule has 0 rings (SSSR count). The number of aliphatic carboxylic acids is 2. The van der Waals surface area contributed by atoms with E-state index in [1.54, 1.807) is 6.92 Å². The van der Waals surface area contributed by atoms with Gasteiger partial charge in [0.1, 0.15) is 0 Å². The van der Waals surface area contributed by atoms with Crippen molar-refractivity contribution in [2.24, 2.45) is 5.14 Å². The molecule has 0 spiro atoms. The Labute approximate surface area is 114 Å². The lowest BCUT2D eigenvalue weighted by atomic mass is 10.6. The topological polar surface area (TPSA) is 135 Å². The van der Waals surface area contributed by atoms with E-state index in [2.05, 4.69) is 5.14 Å². The van der Waals surface area contributed by atoms with Crippen LogP contribution in [-0.2, 0) is 19.6 Å². The molecular formula is C7H11F6NO6S. The molecule has 0 bridgehead atoms. The molecule has 0 saturated carbocycles. The molecule has 0 aromatic rings. The second-order valence-corrected chi connectivity index (χ2v) is 4.71. The summed E-state index contributed by atoms with van der Waals surface area (Å²) < 4.78 is 83.5. The SMILES string of the molecule is CCCS(N)(=O)=O.O=C(O)C(F)(F)F.O=C(O)C(F)(F)F.